The van der Waals surface area contributed by atoms with Crippen LogP contribution in [0.5, 0.6) is 11.5 Å². The van der Waals surface area contributed by atoms with Crippen molar-refractivity contribution < 1.29 is 43.2 Å². The second kappa shape index (κ2) is 14.4. The van der Waals surface area contributed by atoms with E-state index in [0.717, 1.165) is 12.8 Å². The molecule has 1 aromatic carbocycles. The van der Waals surface area contributed by atoms with E-state index in [4.69, 9.17) is 23.7 Å². The summed E-state index contributed by atoms with van der Waals surface area (Å²) in [6.07, 6.45) is 0.845. The van der Waals surface area contributed by atoms with Gasteiger partial charge in [0.1, 0.15) is 12.2 Å². The molecular weight excluding hydrogens is 494 g/mol. The highest BCUT2D eigenvalue weighted by Gasteiger charge is 2.37. The summed E-state index contributed by atoms with van der Waals surface area (Å²) in [6, 6.07) is 9.95. The highest BCUT2D eigenvalue weighted by Crippen LogP contribution is 2.30. The number of carbonyl (C=O) groups excluding carboxylic acids is 3. The second-order valence-corrected chi connectivity index (χ2v) is 9.04. The summed E-state index contributed by atoms with van der Waals surface area (Å²) in [5, 5.41) is 10.3. The van der Waals surface area contributed by atoms with E-state index in [1.807, 2.05) is 6.92 Å². The first-order valence-corrected chi connectivity index (χ1v) is 12.8. The lowest BCUT2D eigenvalue weighted by Gasteiger charge is -2.33. The fourth-order valence-electron chi connectivity index (χ4n) is 4.07. The summed E-state index contributed by atoms with van der Waals surface area (Å²) >= 11 is 0. The third-order valence-corrected chi connectivity index (χ3v) is 6.22. The van der Waals surface area contributed by atoms with Gasteiger partial charge in [0, 0.05) is 38.3 Å². The van der Waals surface area contributed by atoms with Crippen LogP contribution >= 0.6 is 0 Å². The summed E-state index contributed by atoms with van der Waals surface area (Å²) in [6.45, 7) is 4.27. The third-order valence-electron chi connectivity index (χ3n) is 6.22. The number of Topliss-reactive ketones (excluding diaryl/α,β-unsaturated/α-hetero) is 1. The smallest absolute Gasteiger partial charge is 0.338 e. The molecule has 0 spiro atoms. The van der Waals surface area contributed by atoms with E-state index < -0.39 is 47.7 Å². The molecule has 4 atom stereocenters. The first-order valence-electron chi connectivity index (χ1n) is 12.8. The van der Waals surface area contributed by atoms with E-state index >= 15 is 0 Å². The van der Waals surface area contributed by atoms with E-state index in [2.05, 4.69) is 4.98 Å². The zero-order chi connectivity index (χ0) is 27.5. The van der Waals surface area contributed by atoms with Crippen LogP contribution in [0, 0.1) is 5.92 Å². The van der Waals surface area contributed by atoms with Gasteiger partial charge in [-0.2, -0.15) is 0 Å². The maximum Gasteiger partial charge on any atom is 0.338 e. The fraction of sp³-hybridized carbons (Fsp3) is 0.500. The predicted molar refractivity (Wildman–Crippen MR) is 136 cm³/mol. The van der Waals surface area contributed by atoms with Crippen LogP contribution < -0.4 is 4.74 Å². The molecule has 0 bridgehead atoms. The van der Waals surface area contributed by atoms with E-state index in [1.54, 1.807) is 37.3 Å². The van der Waals surface area contributed by atoms with Crippen molar-refractivity contribution in [1.82, 2.24) is 4.98 Å². The minimum atomic E-state index is -0.958. The Balaban J connectivity index is 1.78. The molecule has 10 heteroatoms. The quantitative estimate of drug-likeness (QED) is 0.276. The Morgan fingerprint density at radius 2 is 1.95 bits per heavy atom. The first kappa shape index (κ1) is 29.1. The Hall–Kier alpha value is -3.50. The topological polar surface area (TPSA) is 130 Å². The van der Waals surface area contributed by atoms with Gasteiger partial charge in [-0.1, -0.05) is 31.5 Å². The molecule has 1 N–H and O–H groups in total. The number of aromatic hydroxyl groups is 1. The molecule has 0 unspecified atom stereocenters. The Bertz CT molecular complexity index is 1080. The van der Waals surface area contributed by atoms with Crippen molar-refractivity contribution in [3.8, 4) is 11.5 Å². The zero-order valence-electron chi connectivity index (χ0n) is 22.0. The highest BCUT2D eigenvalue weighted by molar-refractivity contribution is 5.99. The van der Waals surface area contributed by atoms with Gasteiger partial charge in [-0.15, -0.1) is 0 Å². The molecule has 38 heavy (non-hydrogen) atoms. The van der Waals surface area contributed by atoms with Crippen LogP contribution in [0.3, 0.4) is 0 Å². The number of nitrogens with zero attached hydrogens (tertiary/aromatic N) is 1. The molecule has 0 amide bonds. The van der Waals surface area contributed by atoms with Crippen molar-refractivity contribution in [2.45, 2.75) is 57.8 Å². The van der Waals surface area contributed by atoms with Crippen molar-refractivity contribution in [3.63, 3.8) is 0 Å². The van der Waals surface area contributed by atoms with E-state index in [-0.39, 0.29) is 31.1 Å². The number of carbonyl (C=O) groups is 3. The molecule has 2 heterocycles. The molecule has 1 fully saturated rings. The molecular formula is C28H35NO9. The molecule has 0 aliphatic carbocycles. The Morgan fingerprint density at radius 3 is 2.66 bits per heavy atom. The molecule has 2 aromatic rings. The van der Waals surface area contributed by atoms with Gasteiger partial charge in [-0.3, -0.25) is 9.59 Å². The zero-order valence-corrected chi connectivity index (χ0v) is 22.0. The number of unbranched alkanes of at least 4 members (excludes halogenated alkanes) is 1. The fourth-order valence-corrected chi connectivity index (χ4v) is 4.07. The van der Waals surface area contributed by atoms with Gasteiger partial charge in [0.25, 0.3) is 0 Å². The molecule has 1 aliphatic rings. The first-order chi connectivity index (χ1) is 18.3. The van der Waals surface area contributed by atoms with Gasteiger partial charge in [0.15, 0.2) is 29.1 Å². The van der Waals surface area contributed by atoms with Crippen LogP contribution in [0.4, 0.5) is 0 Å². The van der Waals surface area contributed by atoms with Gasteiger partial charge in [-0.25, -0.2) is 9.78 Å². The van der Waals surface area contributed by atoms with Crippen LogP contribution in [0.15, 0.2) is 42.6 Å². The van der Waals surface area contributed by atoms with Crippen LogP contribution in [-0.2, 0) is 23.7 Å². The molecule has 10 nitrogen and oxygen atoms in total. The molecule has 0 saturated carbocycles. The average molecular weight is 530 g/mol. The maximum atomic E-state index is 13.1. The Morgan fingerprint density at radius 1 is 1.18 bits per heavy atom. The average Bonchev–Trinajstić information content (AvgIpc) is 2.92. The minimum absolute atomic E-state index is 0.0713. The number of ether oxygens (including phenoxy) is 5. The molecule has 0 radical (unpaired) electrons. The number of ketones is 1. The lowest BCUT2D eigenvalue weighted by molar-refractivity contribution is -0.172. The number of hydrogen-bond acceptors (Lipinski definition) is 10. The van der Waals surface area contributed by atoms with Crippen LogP contribution in [0.1, 0.15) is 60.4 Å². The lowest BCUT2D eigenvalue weighted by Crippen LogP contribution is -2.46. The van der Waals surface area contributed by atoms with Gasteiger partial charge in [0.05, 0.1) is 25.2 Å². The number of aromatic nitrogens is 1. The second-order valence-electron chi connectivity index (χ2n) is 9.04. The van der Waals surface area contributed by atoms with Gasteiger partial charge in [0.2, 0.25) is 0 Å². The number of benzene rings is 1. The van der Waals surface area contributed by atoms with Gasteiger partial charge < -0.3 is 28.8 Å². The van der Waals surface area contributed by atoms with Gasteiger partial charge in [-0.05, 0) is 25.5 Å². The van der Waals surface area contributed by atoms with Crippen LogP contribution in [0.25, 0.3) is 0 Å². The Kier molecular flexibility index (Phi) is 11.0. The van der Waals surface area contributed by atoms with Crippen LogP contribution in [0.2, 0.25) is 0 Å². The SMILES string of the molecule is CCCCO[C@H]1CCOC[C@H](CC(=O)c2nccc(OC)c2O)C(=O)O[C@@H](C)[C@@H]1OC(=O)c1ccccc1. The number of hydrogen-bond donors (Lipinski definition) is 1. The number of cyclic esters (lactones) is 1. The van der Waals surface area contributed by atoms with Crippen molar-refractivity contribution >= 4 is 17.7 Å². The molecule has 1 aromatic heterocycles. The van der Waals surface area contributed by atoms with Crippen molar-refractivity contribution in [2.24, 2.45) is 5.92 Å². The van der Waals surface area contributed by atoms with E-state index in [9.17, 15) is 19.5 Å². The van der Waals surface area contributed by atoms with Crippen molar-refractivity contribution in [2.75, 3.05) is 26.9 Å². The maximum absolute atomic E-state index is 13.1. The normalized spacial score (nSPS) is 22.2. The molecule has 3 rings (SSSR count). The summed E-state index contributed by atoms with van der Waals surface area (Å²) in [5.74, 6) is -3.08. The highest BCUT2D eigenvalue weighted by atomic mass is 16.6. The molecule has 1 saturated heterocycles. The minimum Gasteiger partial charge on any atom is -0.503 e. The summed E-state index contributed by atoms with van der Waals surface area (Å²) < 4.78 is 28.3. The van der Waals surface area contributed by atoms with E-state index in [1.165, 1.54) is 19.4 Å². The van der Waals surface area contributed by atoms with Crippen molar-refractivity contribution in [3.05, 3.63) is 53.9 Å². The number of rotatable bonds is 10. The van der Waals surface area contributed by atoms with Crippen molar-refractivity contribution in [1.29, 1.82) is 0 Å². The molecule has 1 aliphatic heterocycles. The summed E-state index contributed by atoms with van der Waals surface area (Å²) in [5.41, 5.74) is 0.155. The lowest BCUT2D eigenvalue weighted by atomic mass is 9.99. The van der Waals surface area contributed by atoms with E-state index in [0.29, 0.717) is 18.6 Å². The standard InChI is InChI=1S/C28H35NO9/c1-4-5-14-36-23-12-15-35-17-20(16-21(30)24-25(31)22(34-3)11-13-29-24)28(33)37-18(2)26(23)38-27(32)19-9-7-6-8-10-19/h6-11,13,18,20,23,26,31H,4-5,12,14-17H2,1-3H3/t18-,20-,23-,26-/m0/s1. The number of methoxy groups -OCH3 is 1. The predicted octanol–water partition coefficient (Wildman–Crippen LogP) is 3.75. The third kappa shape index (κ3) is 7.75. The van der Waals surface area contributed by atoms with Crippen LogP contribution in [-0.4, -0.2) is 73.1 Å². The summed E-state index contributed by atoms with van der Waals surface area (Å²) in [7, 11) is 1.36. The largest absolute Gasteiger partial charge is 0.503 e. The monoisotopic (exact) mass is 529 g/mol. The summed E-state index contributed by atoms with van der Waals surface area (Å²) in [4.78, 5) is 42.9. The molecule has 206 valence electrons. The van der Waals surface area contributed by atoms with Gasteiger partial charge >= 0.3 is 11.9 Å². The number of pyridine rings is 1. The Labute approximate surface area is 222 Å². The number of esters is 2.